The van der Waals surface area contributed by atoms with Crippen LogP contribution in [0.25, 0.3) is 0 Å². The third kappa shape index (κ3) is 3.31. The van der Waals surface area contributed by atoms with Gasteiger partial charge in [-0.3, -0.25) is 0 Å². The number of para-hydroxylation sites is 1. The van der Waals surface area contributed by atoms with Crippen molar-refractivity contribution >= 4 is 15.9 Å². The number of hydrogen-bond donors (Lipinski definition) is 0. The van der Waals surface area contributed by atoms with Gasteiger partial charge in [-0.1, -0.05) is 12.1 Å². The van der Waals surface area contributed by atoms with Gasteiger partial charge in [0, 0.05) is 6.04 Å². The highest BCUT2D eigenvalue weighted by Crippen LogP contribution is 2.23. The molecule has 78 valence electrons. The SMILES string of the molecule is C[C@H](COc1ccccc1Br)N(C)C. The van der Waals surface area contributed by atoms with Crippen molar-refractivity contribution in [2.45, 2.75) is 13.0 Å². The molecule has 0 saturated carbocycles. The minimum atomic E-state index is 0.419. The van der Waals surface area contributed by atoms with Crippen LogP contribution in [0.3, 0.4) is 0 Å². The fourth-order valence-electron chi connectivity index (χ4n) is 0.921. The molecule has 0 aromatic heterocycles. The van der Waals surface area contributed by atoms with Crippen LogP contribution in [0.2, 0.25) is 0 Å². The van der Waals surface area contributed by atoms with E-state index in [2.05, 4.69) is 27.8 Å². The molecule has 2 nitrogen and oxygen atoms in total. The first-order chi connectivity index (χ1) is 6.61. The maximum Gasteiger partial charge on any atom is 0.133 e. The summed E-state index contributed by atoms with van der Waals surface area (Å²) in [7, 11) is 4.10. The van der Waals surface area contributed by atoms with E-state index in [1.54, 1.807) is 0 Å². The summed E-state index contributed by atoms with van der Waals surface area (Å²) in [5.41, 5.74) is 0. The molecule has 0 fully saturated rings. The number of hydrogen-bond acceptors (Lipinski definition) is 2. The van der Waals surface area contributed by atoms with E-state index >= 15 is 0 Å². The first-order valence-corrected chi connectivity index (χ1v) is 5.44. The van der Waals surface area contributed by atoms with Gasteiger partial charge in [-0.2, -0.15) is 0 Å². The van der Waals surface area contributed by atoms with Crippen molar-refractivity contribution in [1.82, 2.24) is 4.90 Å². The Kier molecular flexibility index (Phi) is 4.42. The van der Waals surface area contributed by atoms with Gasteiger partial charge in [-0.25, -0.2) is 0 Å². The van der Waals surface area contributed by atoms with Gasteiger partial charge in [0.15, 0.2) is 0 Å². The molecule has 0 aliphatic rings. The van der Waals surface area contributed by atoms with Crippen LogP contribution >= 0.6 is 15.9 Å². The lowest BCUT2D eigenvalue weighted by Gasteiger charge is -2.20. The average molecular weight is 258 g/mol. The minimum Gasteiger partial charge on any atom is -0.491 e. The third-order valence-corrected chi connectivity index (χ3v) is 2.85. The van der Waals surface area contributed by atoms with Gasteiger partial charge < -0.3 is 9.64 Å². The summed E-state index contributed by atoms with van der Waals surface area (Å²) < 4.78 is 6.68. The predicted octanol–water partition coefficient (Wildman–Crippen LogP) is 2.78. The lowest BCUT2D eigenvalue weighted by atomic mass is 10.3. The maximum absolute atomic E-state index is 5.67. The molecule has 0 aliphatic heterocycles. The Labute approximate surface area is 94.0 Å². The number of nitrogens with zero attached hydrogens (tertiary/aromatic N) is 1. The highest BCUT2D eigenvalue weighted by atomic mass is 79.9. The van der Waals surface area contributed by atoms with Crippen LogP contribution in [0, 0.1) is 0 Å². The molecule has 0 spiro atoms. The molecule has 0 N–H and O–H groups in total. The van der Waals surface area contributed by atoms with Crippen LogP contribution in [-0.4, -0.2) is 31.6 Å². The fraction of sp³-hybridized carbons (Fsp3) is 0.455. The molecule has 0 aliphatic carbocycles. The van der Waals surface area contributed by atoms with E-state index in [1.165, 1.54) is 0 Å². The Bertz CT molecular complexity index is 288. The second kappa shape index (κ2) is 5.37. The first kappa shape index (κ1) is 11.5. The summed E-state index contributed by atoms with van der Waals surface area (Å²) in [5, 5.41) is 0. The summed E-state index contributed by atoms with van der Waals surface area (Å²) in [4.78, 5) is 2.14. The van der Waals surface area contributed by atoms with Gasteiger partial charge in [-0.15, -0.1) is 0 Å². The van der Waals surface area contributed by atoms with Crippen LogP contribution < -0.4 is 4.74 Å². The molecule has 1 aromatic rings. The summed E-state index contributed by atoms with van der Waals surface area (Å²) in [5.74, 6) is 0.904. The Balaban J connectivity index is 2.50. The Morgan fingerprint density at radius 2 is 2.00 bits per heavy atom. The second-order valence-corrected chi connectivity index (χ2v) is 4.41. The molecular weight excluding hydrogens is 242 g/mol. The van der Waals surface area contributed by atoms with E-state index in [0.717, 1.165) is 10.2 Å². The molecule has 0 amide bonds. The topological polar surface area (TPSA) is 12.5 Å². The standard InChI is InChI=1S/C11H16BrNO/c1-9(13(2)3)8-14-11-7-5-4-6-10(11)12/h4-7,9H,8H2,1-3H3/t9-/m1/s1. The molecular formula is C11H16BrNO. The van der Waals surface area contributed by atoms with E-state index < -0.39 is 0 Å². The highest BCUT2D eigenvalue weighted by Gasteiger charge is 2.06. The lowest BCUT2D eigenvalue weighted by Crippen LogP contribution is -2.30. The average Bonchev–Trinajstić information content (AvgIpc) is 2.16. The predicted molar refractivity (Wildman–Crippen MR) is 62.8 cm³/mol. The summed E-state index contributed by atoms with van der Waals surface area (Å²) in [6, 6.07) is 8.32. The van der Waals surface area contributed by atoms with Crippen molar-refractivity contribution in [2.24, 2.45) is 0 Å². The molecule has 1 rings (SSSR count). The van der Waals surface area contributed by atoms with E-state index in [0.29, 0.717) is 12.6 Å². The van der Waals surface area contributed by atoms with Crippen molar-refractivity contribution in [2.75, 3.05) is 20.7 Å². The molecule has 0 heterocycles. The molecule has 3 heteroatoms. The molecule has 0 radical (unpaired) electrons. The second-order valence-electron chi connectivity index (χ2n) is 3.55. The number of likely N-dealkylation sites (N-methyl/N-ethyl adjacent to an activating group) is 1. The van der Waals surface area contributed by atoms with Crippen molar-refractivity contribution in [3.63, 3.8) is 0 Å². The number of benzene rings is 1. The fourth-order valence-corrected chi connectivity index (χ4v) is 1.32. The molecule has 0 unspecified atom stereocenters. The number of rotatable bonds is 4. The smallest absolute Gasteiger partial charge is 0.133 e. The Morgan fingerprint density at radius 3 is 2.57 bits per heavy atom. The largest absolute Gasteiger partial charge is 0.491 e. The quantitative estimate of drug-likeness (QED) is 0.823. The molecule has 14 heavy (non-hydrogen) atoms. The van der Waals surface area contributed by atoms with Gasteiger partial charge in [0.1, 0.15) is 12.4 Å². The van der Waals surface area contributed by atoms with Gasteiger partial charge in [0.05, 0.1) is 4.47 Å². The molecule has 0 saturated heterocycles. The van der Waals surface area contributed by atoms with Crippen molar-refractivity contribution in [1.29, 1.82) is 0 Å². The lowest BCUT2D eigenvalue weighted by molar-refractivity contribution is 0.197. The van der Waals surface area contributed by atoms with Crippen LogP contribution in [0.1, 0.15) is 6.92 Å². The van der Waals surface area contributed by atoms with E-state index in [1.807, 2.05) is 38.4 Å². The molecule has 0 bridgehead atoms. The Morgan fingerprint density at radius 1 is 1.36 bits per heavy atom. The van der Waals surface area contributed by atoms with Gasteiger partial charge in [0.25, 0.3) is 0 Å². The zero-order valence-corrected chi connectivity index (χ0v) is 10.4. The van der Waals surface area contributed by atoms with E-state index in [-0.39, 0.29) is 0 Å². The van der Waals surface area contributed by atoms with Crippen molar-refractivity contribution in [3.05, 3.63) is 28.7 Å². The Hall–Kier alpha value is -0.540. The van der Waals surface area contributed by atoms with Gasteiger partial charge in [0.2, 0.25) is 0 Å². The number of halogens is 1. The summed E-state index contributed by atoms with van der Waals surface area (Å²) >= 11 is 3.44. The maximum atomic E-state index is 5.67. The van der Waals surface area contributed by atoms with Gasteiger partial charge >= 0.3 is 0 Å². The van der Waals surface area contributed by atoms with Crippen molar-refractivity contribution < 1.29 is 4.74 Å². The zero-order chi connectivity index (χ0) is 10.6. The number of ether oxygens (including phenoxy) is 1. The normalized spacial score (nSPS) is 12.9. The minimum absolute atomic E-state index is 0.419. The summed E-state index contributed by atoms with van der Waals surface area (Å²) in [6.45, 7) is 2.84. The van der Waals surface area contributed by atoms with Gasteiger partial charge in [-0.05, 0) is 49.1 Å². The summed E-state index contributed by atoms with van der Waals surface area (Å²) in [6.07, 6.45) is 0. The highest BCUT2D eigenvalue weighted by molar-refractivity contribution is 9.10. The monoisotopic (exact) mass is 257 g/mol. The first-order valence-electron chi connectivity index (χ1n) is 4.65. The van der Waals surface area contributed by atoms with Crippen molar-refractivity contribution in [3.8, 4) is 5.75 Å². The van der Waals surface area contributed by atoms with Crippen LogP contribution in [0.5, 0.6) is 5.75 Å². The van der Waals surface area contributed by atoms with E-state index in [4.69, 9.17) is 4.74 Å². The van der Waals surface area contributed by atoms with E-state index in [9.17, 15) is 0 Å². The molecule has 1 atom stereocenters. The zero-order valence-electron chi connectivity index (χ0n) is 8.83. The van der Waals surface area contributed by atoms with Crippen LogP contribution in [0.4, 0.5) is 0 Å². The third-order valence-electron chi connectivity index (χ3n) is 2.20. The molecule has 1 aromatic carbocycles. The van der Waals surface area contributed by atoms with Crippen LogP contribution in [-0.2, 0) is 0 Å². The van der Waals surface area contributed by atoms with Crippen LogP contribution in [0.15, 0.2) is 28.7 Å².